The third-order valence-corrected chi connectivity index (χ3v) is 14.9. The quantitative estimate of drug-likeness (QED) is 0.0179. The van der Waals surface area contributed by atoms with Gasteiger partial charge in [-0.25, -0.2) is 9.59 Å². The highest BCUT2D eigenvalue weighted by molar-refractivity contribution is 8.14. The van der Waals surface area contributed by atoms with Crippen molar-refractivity contribution in [3.05, 3.63) is 25.3 Å². The molecule has 0 radical (unpaired) electrons. The number of carboxylic acid groups (broad SMARTS) is 2. The molecule has 0 saturated carbocycles. The SMILES string of the molecule is C=CC(=O)OCCNC(=O)SC(C)C(CC(C)(COC(=O)CC(C)SC(=O)NCCC[Si](OCC)(OCC)OCC)CC(C(=O)O)C(C)SC(=O)NCCOC(=O)C=C)C(=O)O. The third kappa shape index (κ3) is 25.5. The van der Waals surface area contributed by atoms with Crippen LogP contribution in [0.3, 0.4) is 0 Å². The van der Waals surface area contributed by atoms with Crippen LogP contribution in [0.1, 0.15) is 74.1 Å². The number of esters is 3. The van der Waals surface area contributed by atoms with Gasteiger partial charge in [-0.15, -0.1) is 0 Å². The Bertz CT molecular complexity index is 1410. The fraction of sp³-hybridized carbons (Fsp3) is 0.692. The first kappa shape index (κ1) is 58.4. The van der Waals surface area contributed by atoms with E-state index < -0.39 is 88.7 Å². The molecule has 0 aromatic heterocycles. The zero-order valence-electron chi connectivity index (χ0n) is 36.7. The number of aliphatic carboxylic acids is 2. The summed E-state index contributed by atoms with van der Waals surface area (Å²) < 4.78 is 32.9. The van der Waals surface area contributed by atoms with Crippen molar-refractivity contribution in [3.8, 4) is 0 Å². The first-order valence-corrected chi connectivity index (χ1v) is 24.7. The minimum Gasteiger partial charge on any atom is -0.481 e. The van der Waals surface area contributed by atoms with Gasteiger partial charge >= 0.3 is 38.7 Å². The Morgan fingerprint density at radius 3 is 1.45 bits per heavy atom. The number of carboxylic acids is 2. The van der Waals surface area contributed by atoms with Crippen LogP contribution in [0.2, 0.25) is 6.04 Å². The number of hydrogen-bond acceptors (Lipinski definition) is 17. The van der Waals surface area contributed by atoms with Crippen molar-refractivity contribution in [1.29, 1.82) is 0 Å². The molecule has 0 aromatic carbocycles. The second kappa shape index (κ2) is 32.1. The molecule has 0 rings (SSSR count). The van der Waals surface area contributed by atoms with Crippen LogP contribution in [-0.4, -0.2) is 140 Å². The molecule has 5 unspecified atom stereocenters. The van der Waals surface area contributed by atoms with Gasteiger partial charge < -0.3 is 53.7 Å². The number of rotatable bonds is 33. The van der Waals surface area contributed by atoms with E-state index in [0.29, 0.717) is 62.4 Å². The maximum Gasteiger partial charge on any atom is 0.500 e. The van der Waals surface area contributed by atoms with E-state index in [1.165, 1.54) is 13.8 Å². The highest BCUT2D eigenvalue weighted by Gasteiger charge is 2.42. The zero-order chi connectivity index (χ0) is 47.3. The molecule has 354 valence electrons. The second-order valence-electron chi connectivity index (χ2n) is 14.0. The number of nitrogens with one attached hydrogen (secondary N) is 3. The van der Waals surface area contributed by atoms with Gasteiger partial charge in [-0.1, -0.05) is 76.1 Å². The van der Waals surface area contributed by atoms with Crippen LogP contribution >= 0.6 is 35.3 Å². The fourth-order valence-corrected chi connectivity index (χ4v) is 11.0. The Morgan fingerprint density at radius 1 is 0.661 bits per heavy atom. The van der Waals surface area contributed by atoms with Gasteiger partial charge in [0.05, 0.1) is 38.0 Å². The van der Waals surface area contributed by atoms with Gasteiger partial charge in [0, 0.05) is 65.7 Å². The van der Waals surface area contributed by atoms with Gasteiger partial charge in [0.25, 0.3) is 15.7 Å². The van der Waals surface area contributed by atoms with Crippen LogP contribution in [0.15, 0.2) is 25.3 Å². The number of carbonyl (C=O) groups is 8. The molecule has 0 aliphatic carbocycles. The van der Waals surface area contributed by atoms with Crippen molar-refractivity contribution in [3.63, 3.8) is 0 Å². The molecule has 0 aromatic rings. The van der Waals surface area contributed by atoms with E-state index in [1.54, 1.807) is 13.8 Å². The van der Waals surface area contributed by atoms with Crippen LogP contribution in [-0.2, 0) is 51.5 Å². The topological polar surface area (TPSA) is 268 Å². The zero-order valence-corrected chi connectivity index (χ0v) is 40.1. The van der Waals surface area contributed by atoms with Gasteiger partial charge in [-0.2, -0.15) is 0 Å². The molecule has 0 bridgehead atoms. The Kier molecular flexibility index (Phi) is 30.2. The summed E-state index contributed by atoms with van der Waals surface area (Å²) in [7, 11) is -2.88. The van der Waals surface area contributed by atoms with Crippen molar-refractivity contribution < 1.29 is 76.1 Å². The van der Waals surface area contributed by atoms with Crippen LogP contribution in [0.25, 0.3) is 0 Å². The number of thioether (sulfide) groups is 3. The standard InChI is InChI=1S/C39H65N3O16S3Si/c1-10-31(43)53-19-17-41-37(51)60-27(7)29(34(46)47)23-39(9,24-30(35(48)49)28(8)61-38(52)42-18-20-54-32(44)11-2)25-55-33(45)22-26(6)59-36(50)40-16-15-21-62(56-12-3,57-13-4)58-14-5/h10-11,26-30H,1-2,12-25H2,3-9H3,(H,40,50)(H,41,51)(H,42,52)(H,46,47)(H,48,49). The maximum absolute atomic E-state index is 13.2. The lowest BCUT2D eigenvalue weighted by Crippen LogP contribution is -2.46. The fourth-order valence-electron chi connectivity index (χ4n) is 5.79. The lowest BCUT2D eigenvalue weighted by molar-refractivity contribution is -0.150. The van der Waals surface area contributed by atoms with Crippen LogP contribution in [0.5, 0.6) is 0 Å². The minimum absolute atomic E-state index is 0.0508. The predicted molar refractivity (Wildman–Crippen MR) is 239 cm³/mol. The van der Waals surface area contributed by atoms with Crippen LogP contribution < -0.4 is 16.0 Å². The Balaban J connectivity index is 5.93. The summed E-state index contributed by atoms with van der Waals surface area (Å²) in [5.41, 5.74) is -1.33. The van der Waals surface area contributed by atoms with Gasteiger partial charge in [-0.05, 0) is 40.0 Å². The van der Waals surface area contributed by atoms with Gasteiger partial charge in [0.2, 0.25) is 0 Å². The highest BCUT2D eigenvalue weighted by Crippen LogP contribution is 2.40. The van der Waals surface area contributed by atoms with Crippen molar-refractivity contribution in [2.75, 3.05) is 59.3 Å². The molecular formula is C39H65N3O16S3Si. The van der Waals surface area contributed by atoms with E-state index >= 15 is 0 Å². The molecule has 0 heterocycles. The van der Waals surface area contributed by atoms with Gasteiger partial charge in [-0.3, -0.25) is 28.8 Å². The van der Waals surface area contributed by atoms with E-state index in [0.717, 1.165) is 23.9 Å². The smallest absolute Gasteiger partial charge is 0.481 e. The summed E-state index contributed by atoms with van der Waals surface area (Å²) in [5, 5.41) is 24.6. The molecule has 5 atom stereocenters. The molecule has 0 saturated heterocycles. The number of amides is 3. The summed E-state index contributed by atoms with van der Waals surface area (Å²) in [6.07, 6.45) is 1.75. The molecule has 0 fully saturated rings. The first-order chi connectivity index (χ1) is 29.2. The van der Waals surface area contributed by atoms with E-state index in [4.69, 9.17) is 27.5 Å². The average Bonchev–Trinajstić information content (AvgIpc) is 3.20. The summed E-state index contributed by atoms with van der Waals surface area (Å²) >= 11 is 2.25. The van der Waals surface area contributed by atoms with E-state index in [2.05, 4.69) is 29.1 Å². The number of ether oxygens (including phenoxy) is 3. The molecule has 0 spiro atoms. The molecule has 3 amide bonds. The first-order valence-electron chi connectivity index (χ1n) is 20.2. The second-order valence-corrected chi connectivity index (χ2v) is 20.9. The van der Waals surface area contributed by atoms with Crippen molar-refractivity contribution in [2.24, 2.45) is 17.3 Å². The highest BCUT2D eigenvalue weighted by atomic mass is 32.2. The number of carbonyl (C=O) groups excluding carboxylic acids is 6. The minimum atomic E-state index is -2.88. The maximum atomic E-state index is 13.2. The molecular weight excluding hydrogens is 891 g/mol. The van der Waals surface area contributed by atoms with Gasteiger partial charge in [0.1, 0.15) is 13.2 Å². The van der Waals surface area contributed by atoms with Crippen LogP contribution in [0.4, 0.5) is 14.4 Å². The molecule has 5 N–H and O–H groups in total. The van der Waals surface area contributed by atoms with Crippen molar-refractivity contribution in [2.45, 2.75) is 95.9 Å². The van der Waals surface area contributed by atoms with Crippen molar-refractivity contribution in [1.82, 2.24) is 16.0 Å². The molecule has 62 heavy (non-hydrogen) atoms. The normalized spacial score (nSPS) is 14.6. The lowest BCUT2D eigenvalue weighted by atomic mass is 9.73. The molecule has 23 heteroatoms. The Labute approximate surface area is 378 Å². The summed E-state index contributed by atoms with van der Waals surface area (Å²) in [6.45, 7) is 19.1. The monoisotopic (exact) mass is 955 g/mol. The summed E-state index contributed by atoms with van der Waals surface area (Å²) in [6, 6.07) is 0.499. The molecule has 0 aliphatic heterocycles. The number of hydrogen-bond donors (Lipinski definition) is 5. The Morgan fingerprint density at radius 2 is 1.06 bits per heavy atom. The van der Waals surface area contributed by atoms with E-state index in [1.807, 2.05) is 20.8 Å². The third-order valence-electron chi connectivity index (χ3n) is 8.71. The Hall–Kier alpha value is -3.61. The lowest BCUT2D eigenvalue weighted by Gasteiger charge is -2.36. The average molecular weight is 956 g/mol. The van der Waals surface area contributed by atoms with Gasteiger partial charge in [0.15, 0.2) is 0 Å². The summed E-state index contributed by atoms with van der Waals surface area (Å²) in [5.74, 6) is -7.18. The predicted octanol–water partition coefficient (Wildman–Crippen LogP) is 5.50. The molecule has 0 aliphatic rings. The van der Waals surface area contributed by atoms with Crippen molar-refractivity contribution >= 4 is 89.7 Å². The largest absolute Gasteiger partial charge is 0.500 e. The summed E-state index contributed by atoms with van der Waals surface area (Å²) in [4.78, 5) is 99.2. The molecule has 19 nitrogen and oxygen atoms in total. The van der Waals surface area contributed by atoms with E-state index in [-0.39, 0.29) is 50.8 Å². The van der Waals surface area contributed by atoms with Crippen LogP contribution in [0, 0.1) is 17.3 Å². The van der Waals surface area contributed by atoms with E-state index in [9.17, 15) is 48.6 Å².